The number of rotatable bonds is 6. The first kappa shape index (κ1) is 24.9. The van der Waals surface area contributed by atoms with E-state index in [0.717, 1.165) is 0 Å². The van der Waals surface area contributed by atoms with E-state index >= 15 is 0 Å². The third kappa shape index (κ3) is 4.31. The van der Waals surface area contributed by atoms with Crippen molar-refractivity contribution >= 4 is 27.8 Å². The molecule has 0 spiro atoms. The van der Waals surface area contributed by atoms with Crippen molar-refractivity contribution in [1.29, 1.82) is 0 Å². The van der Waals surface area contributed by atoms with Crippen LogP contribution in [-0.2, 0) is 19.3 Å². The van der Waals surface area contributed by atoms with Crippen molar-refractivity contribution in [3.05, 3.63) is 101 Å². The van der Waals surface area contributed by atoms with Gasteiger partial charge < -0.3 is 20.9 Å². The predicted octanol–water partition coefficient (Wildman–Crippen LogP) is 3.62. The average Bonchev–Trinajstić information content (AvgIpc) is 2.84. The van der Waals surface area contributed by atoms with Gasteiger partial charge in [0.2, 0.25) is 0 Å². The molecule has 2 atom stereocenters. The Balaban J connectivity index is 2.13. The minimum absolute atomic E-state index is 0.0771. The number of amides is 2. The lowest BCUT2D eigenvalue weighted by Crippen LogP contribution is -2.54. The van der Waals surface area contributed by atoms with Crippen molar-refractivity contribution in [3.8, 4) is 0 Å². The fourth-order valence-electron chi connectivity index (χ4n) is 4.84. The molecule has 2 amide bonds. The lowest BCUT2D eigenvalue weighted by molar-refractivity contribution is -0.0500. The van der Waals surface area contributed by atoms with Gasteiger partial charge in [0, 0.05) is 5.56 Å². The number of ketones is 1. The number of hydrogen-bond acceptors (Lipinski definition) is 7. The number of carbonyl (C=O) groups excluding carboxylic acids is 3. The highest BCUT2D eigenvalue weighted by Gasteiger charge is 2.62. The molecule has 2 unspecified atom stereocenters. The van der Waals surface area contributed by atoms with Crippen LogP contribution in [0.3, 0.4) is 0 Å². The van der Waals surface area contributed by atoms with Crippen molar-refractivity contribution in [2.45, 2.75) is 24.0 Å². The van der Waals surface area contributed by atoms with Gasteiger partial charge in [-0.3, -0.25) is 4.79 Å². The van der Waals surface area contributed by atoms with Crippen LogP contribution in [0.25, 0.3) is 0 Å². The second-order valence-corrected chi connectivity index (χ2v) is 10.5. The van der Waals surface area contributed by atoms with Crippen molar-refractivity contribution in [1.82, 2.24) is 0 Å². The van der Waals surface area contributed by atoms with E-state index in [-0.39, 0.29) is 21.6 Å². The van der Waals surface area contributed by atoms with Crippen LogP contribution in [0.2, 0.25) is 0 Å². The molecule has 0 bridgehead atoms. The Morgan fingerprint density at radius 1 is 0.806 bits per heavy atom. The van der Waals surface area contributed by atoms with E-state index in [1.807, 2.05) is 0 Å². The van der Waals surface area contributed by atoms with E-state index < -0.39 is 51.2 Å². The Morgan fingerprint density at radius 2 is 1.28 bits per heavy atom. The first-order valence-corrected chi connectivity index (χ1v) is 12.6. The molecule has 1 aliphatic heterocycles. The quantitative estimate of drug-likeness (QED) is 0.515. The predicted molar refractivity (Wildman–Crippen MR) is 130 cm³/mol. The molecule has 9 nitrogen and oxygen atoms in total. The monoisotopic (exact) mass is 508 g/mol. The average molecular weight is 509 g/mol. The minimum atomic E-state index is -4.17. The van der Waals surface area contributed by atoms with Crippen molar-refractivity contribution < 1.29 is 32.3 Å². The van der Waals surface area contributed by atoms with Gasteiger partial charge in [-0.05, 0) is 29.7 Å². The first-order chi connectivity index (χ1) is 17.1. The number of aryl methyl sites for hydroxylation is 1. The van der Waals surface area contributed by atoms with Crippen LogP contribution in [0.1, 0.15) is 39.3 Å². The first-order valence-electron chi connectivity index (χ1n) is 11.0. The molecule has 0 fully saturated rings. The molecule has 3 aromatic carbocycles. The van der Waals surface area contributed by atoms with Gasteiger partial charge >= 0.3 is 12.2 Å². The smallest absolute Gasteiger partial charge is 0.405 e. The molecule has 1 aliphatic rings. The highest BCUT2D eigenvalue weighted by Crippen LogP contribution is 2.55. The van der Waals surface area contributed by atoms with Crippen LogP contribution in [0.5, 0.6) is 0 Å². The second kappa shape index (κ2) is 9.46. The molecule has 1 heterocycles. The third-order valence-corrected chi connectivity index (χ3v) is 8.12. The van der Waals surface area contributed by atoms with Gasteiger partial charge in [0.1, 0.15) is 17.6 Å². The molecule has 186 valence electrons. The minimum Gasteiger partial charge on any atom is -0.440 e. The molecule has 4 rings (SSSR count). The van der Waals surface area contributed by atoms with Crippen LogP contribution in [0, 0.1) is 12.3 Å². The van der Waals surface area contributed by atoms with Crippen LogP contribution >= 0.6 is 0 Å². The number of sulfone groups is 1. The van der Waals surface area contributed by atoms with E-state index in [9.17, 15) is 22.8 Å². The third-order valence-electron chi connectivity index (χ3n) is 6.26. The van der Waals surface area contributed by atoms with Crippen molar-refractivity contribution in [2.24, 2.45) is 16.9 Å². The number of primary amides is 2. The maximum Gasteiger partial charge on any atom is 0.405 e. The van der Waals surface area contributed by atoms with Gasteiger partial charge in [0.15, 0.2) is 15.6 Å². The number of fused-ring (bicyclic) bond motifs is 1. The molecule has 10 heteroatoms. The van der Waals surface area contributed by atoms with Gasteiger partial charge in [0.05, 0.1) is 10.6 Å². The summed E-state index contributed by atoms with van der Waals surface area (Å²) >= 11 is 0. The Hall–Kier alpha value is -4.18. The lowest BCUT2D eigenvalue weighted by atomic mass is 9.67. The zero-order valence-corrected chi connectivity index (χ0v) is 20.1. The molecule has 0 radical (unpaired) electrons. The molecule has 0 aliphatic carbocycles. The zero-order valence-electron chi connectivity index (χ0n) is 19.3. The topological polar surface area (TPSA) is 156 Å². The zero-order chi connectivity index (χ0) is 26.1. The highest BCUT2D eigenvalue weighted by molar-refractivity contribution is 7.91. The fourth-order valence-corrected chi connectivity index (χ4v) is 6.91. The summed E-state index contributed by atoms with van der Waals surface area (Å²) < 4.78 is 38.5. The second-order valence-electron chi connectivity index (χ2n) is 8.53. The number of benzene rings is 3. The van der Waals surface area contributed by atoms with Crippen LogP contribution in [-0.4, -0.2) is 32.1 Å². The van der Waals surface area contributed by atoms with E-state index in [1.54, 1.807) is 73.7 Å². The Bertz CT molecular complexity index is 1360. The normalized spacial score (nSPS) is 20.0. The standard InChI is InChI=1S/C26H24N2O7S/c1-16-9-8-14-19-20(16)21(29)26(15-36(19,32)33,22(34-24(27)30)17-10-4-2-5-11-17)23(35-25(28)31)18-12-6-3-7-13-18/h2-14,22-23H,15H2,1H3,(H2,27,30)(H2,28,31). The van der Waals surface area contributed by atoms with Crippen molar-refractivity contribution in [3.63, 3.8) is 0 Å². The van der Waals surface area contributed by atoms with Gasteiger partial charge in [-0.25, -0.2) is 18.0 Å². The SMILES string of the molecule is Cc1cccc2c1C(=O)C(C(OC(N)=O)c1ccccc1)(C(OC(N)=O)c1ccccc1)CS2(=O)=O. The number of carbonyl (C=O) groups is 3. The summed E-state index contributed by atoms with van der Waals surface area (Å²) in [4.78, 5) is 38.6. The fraction of sp³-hybridized carbons (Fsp3) is 0.192. The summed E-state index contributed by atoms with van der Waals surface area (Å²) in [5.41, 5.74) is 9.56. The summed E-state index contributed by atoms with van der Waals surface area (Å²) in [6, 6.07) is 20.7. The summed E-state index contributed by atoms with van der Waals surface area (Å²) in [5.74, 6) is -1.52. The van der Waals surface area contributed by atoms with E-state index in [4.69, 9.17) is 20.9 Å². The summed E-state index contributed by atoms with van der Waals surface area (Å²) in [6.07, 6.45) is -5.57. The maximum absolute atomic E-state index is 14.5. The Morgan fingerprint density at radius 3 is 1.72 bits per heavy atom. The molecular formula is C26H24N2O7S. The number of ether oxygens (including phenoxy) is 2. The molecule has 36 heavy (non-hydrogen) atoms. The molecular weight excluding hydrogens is 484 g/mol. The van der Waals surface area contributed by atoms with E-state index in [2.05, 4.69) is 0 Å². The number of nitrogens with two attached hydrogens (primary N) is 2. The number of Topliss-reactive ketones (excluding diaryl/α,β-unsaturated/α-hetero) is 1. The molecule has 0 saturated heterocycles. The number of hydrogen-bond donors (Lipinski definition) is 2. The molecule has 0 saturated carbocycles. The lowest BCUT2D eigenvalue weighted by Gasteiger charge is -2.45. The Kier molecular flexibility index (Phi) is 6.55. The van der Waals surface area contributed by atoms with Gasteiger partial charge in [-0.15, -0.1) is 0 Å². The van der Waals surface area contributed by atoms with Crippen LogP contribution < -0.4 is 11.5 Å². The molecule has 3 aromatic rings. The largest absolute Gasteiger partial charge is 0.440 e. The van der Waals surface area contributed by atoms with Gasteiger partial charge in [-0.2, -0.15) is 0 Å². The summed E-state index contributed by atoms with van der Waals surface area (Å²) in [5, 5.41) is 0. The summed E-state index contributed by atoms with van der Waals surface area (Å²) in [7, 11) is -4.17. The van der Waals surface area contributed by atoms with Crippen molar-refractivity contribution in [2.75, 3.05) is 5.75 Å². The molecule has 0 aromatic heterocycles. The van der Waals surface area contributed by atoms with Gasteiger partial charge in [0.25, 0.3) is 0 Å². The maximum atomic E-state index is 14.5. The summed E-state index contributed by atoms with van der Waals surface area (Å²) in [6.45, 7) is 1.60. The Labute approximate surface area is 207 Å². The van der Waals surface area contributed by atoms with Crippen LogP contribution in [0.4, 0.5) is 9.59 Å². The highest BCUT2D eigenvalue weighted by atomic mass is 32.2. The van der Waals surface area contributed by atoms with Gasteiger partial charge in [-0.1, -0.05) is 72.8 Å². The molecule has 4 N–H and O–H groups in total. The van der Waals surface area contributed by atoms with Crippen LogP contribution in [0.15, 0.2) is 83.8 Å². The van der Waals surface area contributed by atoms with E-state index in [0.29, 0.717) is 5.56 Å². The van der Waals surface area contributed by atoms with E-state index in [1.165, 1.54) is 12.1 Å².